The number of sulfone groups is 1. The second-order valence-electron chi connectivity index (χ2n) is 11.5. The number of ether oxygens (including phenoxy) is 4. The van der Waals surface area contributed by atoms with Crippen LogP contribution in [-0.2, 0) is 30.5 Å². The Morgan fingerprint density at radius 1 is 1.07 bits per heavy atom. The highest BCUT2D eigenvalue weighted by Gasteiger charge is 2.45. The molecule has 1 aliphatic heterocycles. The van der Waals surface area contributed by atoms with Gasteiger partial charge in [0.2, 0.25) is 0 Å². The van der Waals surface area contributed by atoms with Gasteiger partial charge in [-0.2, -0.15) is 0 Å². The normalized spacial score (nSPS) is 18.2. The second-order valence-corrected chi connectivity index (χ2v) is 13.7. The lowest BCUT2D eigenvalue weighted by Crippen LogP contribution is -2.56. The molecule has 1 fully saturated rings. The summed E-state index contributed by atoms with van der Waals surface area (Å²) < 4.78 is 50.2. The minimum Gasteiger partial charge on any atom is -0.497 e. The van der Waals surface area contributed by atoms with E-state index in [1.807, 2.05) is 37.3 Å². The first-order chi connectivity index (χ1) is 19.2. The highest BCUT2D eigenvalue weighted by Crippen LogP contribution is 2.33. The number of carbonyl (C=O) groups excluding carboxylic acids is 1. The number of nitrogens with one attached hydrogen (secondary N) is 2. The minimum absolute atomic E-state index is 0.0575. The maximum atomic E-state index is 14.1. The molecular weight excluding hydrogens is 548 g/mol. The number of hydrogen-bond acceptors (Lipinski definition) is 9. The summed E-state index contributed by atoms with van der Waals surface area (Å²) in [5.74, 6) is -0.655. The Bertz CT molecular complexity index is 1210. The zero-order valence-electron chi connectivity index (χ0n) is 24.8. The number of aliphatic hydroxyl groups is 1. The summed E-state index contributed by atoms with van der Waals surface area (Å²) in [6.45, 7) is 9.75. The van der Waals surface area contributed by atoms with Gasteiger partial charge in [-0.25, -0.2) is 13.2 Å². The Balaban J connectivity index is 1.91. The molecule has 1 saturated heterocycles. The van der Waals surface area contributed by atoms with Crippen LogP contribution >= 0.6 is 0 Å². The van der Waals surface area contributed by atoms with Crippen LogP contribution < -0.4 is 15.4 Å². The van der Waals surface area contributed by atoms with Crippen molar-refractivity contribution < 1.29 is 37.3 Å². The molecule has 0 aliphatic carbocycles. The monoisotopic (exact) mass is 592 g/mol. The molecule has 3 N–H and O–H groups in total. The Morgan fingerprint density at radius 2 is 1.68 bits per heavy atom. The Labute approximate surface area is 243 Å². The molecule has 1 amide bonds. The van der Waals surface area contributed by atoms with Gasteiger partial charge in [-0.05, 0) is 70.9 Å². The largest absolute Gasteiger partial charge is 0.497 e. The average molecular weight is 593 g/mol. The summed E-state index contributed by atoms with van der Waals surface area (Å²) >= 11 is 0. The third-order valence-electron chi connectivity index (χ3n) is 6.80. The molecule has 2 unspecified atom stereocenters. The van der Waals surface area contributed by atoms with Gasteiger partial charge in [0.1, 0.15) is 11.4 Å². The fourth-order valence-electron chi connectivity index (χ4n) is 4.77. The minimum atomic E-state index is -4.07. The van der Waals surface area contributed by atoms with Crippen molar-refractivity contribution in [2.45, 2.75) is 87.2 Å². The predicted molar refractivity (Wildman–Crippen MR) is 156 cm³/mol. The van der Waals surface area contributed by atoms with Gasteiger partial charge in [-0.3, -0.25) is 0 Å². The van der Waals surface area contributed by atoms with Crippen LogP contribution in [0.15, 0.2) is 59.5 Å². The maximum absolute atomic E-state index is 14.1. The van der Waals surface area contributed by atoms with E-state index >= 15 is 0 Å². The van der Waals surface area contributed by atoms with Crippen molar-refractivity contribution in [3.05, 3.63) is 60.2 Å². The lowest BCUT2D eigenvalue weighted by molar-refractivity contribution is -0.150. The van der Waals surface area contributed by atoms with Crippen molar-refractivity contribution in [1.82, 2.24) is 10.6 Å². The van der Waals surface area contributed by atoms with Crippen molar-refractivity contribution in [2.75, 3.05) is 26.9 Å². The van der Waals surface area contributed by atoms with Crippen LogP contribution in [0.3, 0.4) is 0 Å². The van der Waals surface area contributed by atoms with Gasteiger partial charge < -0.3 is 34.7 Å². The molecule has 11 heteroatoms. The molecule has 2 aromatic carbocycles. The van der Waals surface area contributed by atoms with E-state index in [-0.39, 0.29) is 23.9 Å². The van der Waals surface area contributed by atoms with Crippen LogP contribution in [0.2, 0.25) is 0 Å². The zero-order valence-corrected chi connectivity index (χ0v) is 25.6. The average Bonchev–Trinajstić information content (AvgIpc) is 3.35. The fraction of sp³-hybridized carbons (Fsp3) is 0.567. The molecule has 0 aromatic heterocycles. The Kier molecular flexibility index (Phi) is 11.2. The van der Waals surface area contributed by atoms with Crippen molar-refractivity contribution in [1.29, 1.82) is 0 Å². The summed E-state index contributed by atoms with van der Waals surface area (Å²) in [4.78, 5) is 12.3. The van der Waals surface area contributed by atoms with E-state index in [2.05, 4.69) is 10.6 Å². The highest BCUT2D eigenvalue weighted by atomic mass is 32.2. The van der Waals surface area contributed by atoms with Gasteiger partial charge in [0, 0.05) is 25.0 Å². The molecule has 4 atom stereocenters. The van der Waals surface area contributed by atoms with E-state index in [0.717, 1.165) is 5.56 Å². The number of aliphatic hydroxyl groups excluding tert-OH is 1. The second kappa shape index (κ2) is 14.0. The van der Waals surface area contributed by atoms with Crippen molar-refractivity contribution in [2.24, 2.45) is 0 Å². The van der Waals surface area contributed by atoms with Gasteiger partial charge in [-0.15, -0.1) is 0 Å². The Morgan fingerprint density at radius 3 is 2.24 bits per heavy atom. The number of amides is 1. The number of carbonyl (C=O) groups is 1. The fourth-order valence-corrected chi connectivity index (χ4v) is 6.72. The lowest BCUT2D eigenvalue weighted by Gasteiger charge is -2.35. The van der Waals surface area contributed by atoms with Crippen LogP contribution in [-0.4, -0.2) is 81.3 Å². The van der Waals surface area contributed by atoms with E-state index in [4.69, 9.17) is 18.9 Å². The lowest BCUT2D eigenvalue weighted by atomic mass is 9.95. The van der Waals surface area contributed by atoms with E-state index in [9.17, 15) is 18.3 Å². The third-order valence-corrected chi connectivity index (χ3v) is 8.97. The molecule has 0 saturated carbocycles. The molecule has 2 aromatic rings. The van der Waals surface area contributed by atoms with Crippen molar-refractivity contribution in [3.8, 4) is 5.75 Å². The number of rotatable bonds is 13. The van der Waals surface area contributed by atoms with E-state index in [1.165, 1.54) is 19.2 Å². The van der Waals surface area contributed by atoms with Crippen LogP contribution in [0.25, 0.3) is 0 Å². The first-order valence-corrected chi connectivity index (χ1v) is 15.4. The van der Waals surface area contributed by atoms with Crippen LogP contribution in [0.1, 0.15) is 46.6 Å². The number of methoxy groups -OCH3 is 1. The molecule has 0 radical (unpaired) electrons. The zero-order chi connectivity index (χ0) is 30.3. The molecule has 41 heavy (non-hydrogen) atoms. The summed E-state index contributed by atoms with van der Waals surface area (Å²) in [5.41, 5.74) is 0.271. The molecule has 10 nitrogen and oxygen atoms in total. The van der Waals surface area contributed by atoms with Gasteiger partial charge in [0.15, 0.2) is 15.6 Å². The third kappa shape index (κ3) is 9.68. The predicted octanol–water partition coefficient (Wildman–Crippen LogP) is 3.47. The van der Waals surface area contributed by atoms with Crippen LogP contribution in [0.4, 0.5) is 4.79 Å². The highest BCUT2D eigenvalue weighted by molar-refractivity contribution is 7.92. The number of hydrogen-bond donors (Lipinski definition) is 3. The van der Waals surface area contributed by atoms with Gasteiger partial charge in [0.25, 0.3) is 0 Å². The SMILES string of the molecule is COc1ccc(S(=O)(=O)C(CC2(C)OCCO2)C(O)[C@H](Cc2ccccc2)N[C@H](C)CNC(=O)OC(C)(C)C)cc1. The van der Waals surface area contributed by atoms with E-state index in [1.54, 1.807) is 39.8 Å². The summed E-state index contributed by atoms with van der Waals surface area (Å²) in [7, 11) is -2.56. The standard InChI is InChI=1S/C30H44N2O8S/c1-21(20-31-28(34)40-29(2,3)4)32-25(18-22-10-8-7-9-11-22)27(33)26(19-30(5)38-16-17-39-30)41(35,36)24-14-12-23(37-6)13-15-24/h7-15,21,25-27,32-33H,16-20H2,1-6H3,(H,31,34)/t21-,25+,26?,27?/m1/s1. The van der Waals surface area contributed by atoms with E-state index in [0.29, 0.717) is 25.4 Å². The summed E-state index contributed by atoms with van der Waals surface area (Å²) in [5, 5.41) is 16.7. The molecule has 3 rings (SSSR count). The van der Waals surface area contributed by atoms with E-state index < -0.39 is 44.7 Å². The van der Waals surface area contributed by atoms with Gasteiger partial charge >= 0.3 is 6.09 Å². The summed E-state index contributed by atoms with van der Waals surface area (Å²) in [6, 6.07) is 14.6. The maximum Gasteiger partial charge on any atom is 0.407 e. The van der Waals surface area contributed by atoms with Gasteiger partial charge in [0.05, 0.1) is 36.6 Å². The quantitative estimate of drug-likeness (QED) is 0.320. The smallest absolute Gasteiger partial charge is 0.407 e. The molecule has 228 valence electrons. The molecular formula is C30H44N2O8S. The summed E-state index contributed by atoms with van der Waals surface area (Å²) in [6.07, 6.45) is -1.67. The number of benzene rings is 2. The van der Waals surface area contributed by atoms with Crippen molar-refractivity contribution >= 4 is 15.9 Å². The molecule has 1 aliphatic rings. The first-order valence-electron chi connectivity index (χ1n) is 13.8. The van der Waals surface area contributed by atoms with Crippen LogP contribution in [0, 0.1) is 0 Å². The first kappa shape index (κ1) is 32.8. The van der Waals surface area contributed by atoms with Crippen molar-refractivity contribution in [3.63, 3.8) is 0 Å². The topological polar surface area (TPSA) is 132 Å². The molecule has 0 spiro atoms. The van der Waals surface area contributed by atoms with Crippen LogP contribution in [0.5, 0.6) is 5.75 Å². The Hall–Kier alpha value is -2.70. The molecule has 0 bridgehead atoms. The molecule has 1 heterocycles. The number of alkyl carbamates (subject to hydrolysis) is 1. The van der Waals surface area contributed by atoms with Gasteiger partial charge in [-0.1, -0.05) is 30.3 Å².